The Morgan fingerprint density at radius 1 is 1.50 bits per heavy atom. The van der Waals surface area contributed by atoms with Crippen LogP contribution >= 0.6 is 0 Å². The average molecular weight is 276 g/mol. The molecule has 0 aromatic carbocycles. The van der Waals surface area contributed by atoms with Crippen LogP contribution in [0.1, 0.15) is 12.8 Å². The van der Waals surface area contributed by atoms with Crippen molar-refractivity contribution in [2.24, 2.45) is 0 Å². The standard InChI is InChI=1S/C13H12N2O5/c16-6-13-7(2-1-3-9(13)20-13)11(18)14-8-4-5-10(17)15-12(8)19/h1-3,6,8-9H,4-5H2,(H,14,18)(H,15,17,19). The minimum absolute atomic E-state index is 0.174. The summed E-state index contributed by atoms with van der Waals surface area (Å²) in [4.78, 5) is 45.9. The monoisotopic (exact) mass is 276 g/mol. The molecule has 0 aromatic heterocycles. The predicted molar refractivity (Wildman–Crippen MR) is 65.2 cm³/mol. The second-order valence-corrected chi connectivity index (χ2v) is 4.89. The van der Waals surface area contributed by atoms with Crippen LogP contribution in [0.3, 0.4) is 0 Å². The lowest BCUT2D eigenvalue weighted by molar-refractivity contribution is -0.136. The highest BCUT2D eigenvalue weighted by atomic mass is 16.6. The van der Waals surface area contributed by atoms with Crippen LogP contribution in [0.4, 0.5) is 0 Å². The maximum Gasteiger partial charge on any atom is 0.251 e. The van der Waals surface area contributed by atoms with E-state index in [2.05, 4.69) is 10.6 Å². The van der Waals surface area contributed by atoms with Crippen molar-refractivity contribution in [3.05, 3.63) is 23.8 Å². The van der Waals surface area contributed by atoms with Gasteiger partial charge >= 0.3 is 0 Å². The van der Waals surface area contributed by atoms with Crippen LogP contribution in [0.15, 0.2) is 23.8 Å². The molecule has 7 nitrogen and oxygen atoms in total. The van der Waals surface area contributed by atoms with Crippen molar-refractivity contribution in [1.82, 2.24) is 10.6 Å². The molecule has 3 unspecified atom stereocenters. The normalized spacial score (nSPS) is 34.7. The van der Waals surface area contributed by atoms with Crippen LogP contribution in [-0.4, -0.2) is 41.8 Å². The number of aldehydes is 1. The van der Waals surface area contributed by atoms with Crippen molar-refractivity contribution in [3.8, 4) is 0 Å². The van der Waals surface area contributed by atoms with Gasteiger partial charge in [-0.15, -0.1) is 0 Å². The Bertz CT molecular complexity index is 579. The van der Waals surface area contributed by atoms with Gasteiger partial charge in [-0.3, -0.25) is 24.5 Å². The summed E-state index contributed by atoms with van der Waals surface area (Å²) >= 11 is 0. The number of ether oxygens (including phenoxy) is 1. The zero-order valence-electron chi connectivity index (χ0n) is 10.4. The highest BCUT2D eigenvalue weighted by Gasteiger charge is 2.61. The summed E-state index contributed by atoms with van der Waals surface area (Å²) in [6, 6.07) is -0.770. The molecule has 2 fully saturated rings. The smallest absolute Gasteiger partial charge is 0.251 e. The molecule has 3 atom stereocenters. The Morgan fingerprint density at radius 3 is 3.00 bits per heavy atom. The molecule has 3 aliphatic rings. The summed E-state index contributed by atoms with van der Waals surface area (Å²) < 4.78 is 5.24. The Morgan fingerprint density at radius 2 is 2.30 bits per heavy atom. The third kappa shape index (κ3) is 1.87. The molecule has 0 bridgehead atoms. The first kappa shape index (κ1) is 12.7. The molecule has 7 heteroatoms. The van der Waals surface area contributed by atoms with E-state index < -0.39 is 29.6 Å². The van der Waals surface area contributed by atoms with E-state index in [0.717, 1.165) is 0 Å². The third-order valence-corrected chi connectivity index (χ3v) is 3.62. The van der Waals surface area contributed by atoms with E-state index >= 15 is 0 Å². The van der Waals surface area contributed by atoms with Crippen LogP contribution < -0.4 is 10.6 Å². The number of allylic oxidation sites excluding steroid dienone is 2. The summed E-state index contributed by atoms with van der Waals surface area (Å²) in [6.45, 7) is 0. The van der Waals surface area contributed by atoms with Gasteiger partial charge in [0.15, 0.2) is 11.9 Å². The molecule has 3 amide bonds. The molecule has 2 heterocycles. The van der Waals surface area contributed by atoms with Gasteiger partial charge in [-0.25, -0.2) is 0 Å². The third-order valence-electron chi connectivity index (χ3n) is 3.62. The SMILES string of the molecule is O=CC12OC1C=CC=C2C(=O)NC1CCC(=O)NC1=O. The van der Waals surface area contributed by atoms with E-state index in [-0.39, 0.29) is 24.3 Å². The molecular weight excluding hydrogens is 264 g/mol. The fourth-order valence-corrected chi connectivity index (χ4v) is 2.44. The van der Waals surface area contributed by atoms with Crippen LogP contribution in [0.2, 0.25) is 0 Å². The molecule has 104 valence electrons. The zero-order chi connectivity index (χ0) is 14.3. The Kier molecular flexibility index (Phi) is 2.79. The first-order chi connectivity index (χ1) is 9.56. The van der Waals surface area contributed by atoms with E-state index in [9.17, 15) is 19.2 Å². The largest absolute Gasteiger partial charge is 0.348 e. The number of nitrogens with one attached hydrogen (secondary N) is 2. The maximum absolute atomic E-state index is 12.2. The molecule has 0 aromatic rings. The molecule has 2 saturated heterocycles. The summed E-state index contributed by atoms with van der Waals surface area (Å²) in [6.07, 6.45) is 5.44. The van der Waals surface area contributed by atoms with Gasteiger partial charge in [0.25, 0.3) is 5.91 Å². The predicted octanol–water partition coefficient (Wildman–Crippen LogP) is -1.26. The fraction of sp³-hybridized carbons (Fsp3) is 0.385. The Balaban J connectivity index is 1.72. The van der Waals surface area contributed by atoms with Gasteiger partial charge in [-0.05, 0) is 6.42 Å². The van der Waals surface area contributed by atoms with Crippen molar-refractivity contribution in [1.29, 1.82) is 0 Å². The molecule has 0 saturated carbocycles. The van der Waals surface area contributed by atoms with Crippen molar-refractivity contribution in [3.63, 3.8) is 0 Å². The van der Waals surface area contributed by atoms with Gasteiger partial charge in [0.2, 0.25) is 11.8 Å². The van der Waals surface area contributed by atoms with Crippen LogP contribution in [-0.2, 0) is 23.9 Å². The summed E-state index contributed by atoms with van der Waals surface area (Å²) in [5.74, 6) is -1.41. The number of epoxide rings is 1. The first-order valence-electron chi connectivity index (χ1n) is 6.24. The molecule has 2 aliphatic heterocycles. The van der Waals surface area contributed by atoms with Gasteiger partial charge in [0.1, 0.15) is 12.1 Å². The Hall–Kier alpha value is -2.28. The molecule has 20 heavy (non-hydrogen) atoms. The van der Waals surface area contributed by atoms with E-state index in [1.54, 1.807) is 12.2 Å². The lowest BCUT2D eigenvalue weighted by Gasteiger charge is -2.23. The average Bonchev–Trinajstić information content (AvgIpc) is 3.16. The van der Waals surface area contributed by atoms with Crippen LogP contribution in [0.5, 0.6) is 0 Å². The molecular formula is C13H12N2O5. The van der Waals surface area contributed by atoms with Crippen LogP contribution in [0.25, 0.3) is 0 Å². The van der Waals surface area contributed by atoms with Gasteiger partial charge in [0.05, 0.1) is 5.57 Å². The lowest BCUT2D eigenvalue weighted by atomic mass is 9.91. The van der Waals surface area contributed by atoms with Gasteiger partial charge in [-0.2, -0.15) is 0 Å². The van der Waals surface area contributed by atoms with Crippen molar-refractivity contribution in [2.45, 2.75) is 30.6 Å². The number of hydrogen-bond acceptors (Lipinski definition) is 5. The topological polar surface area (TPSA) is 105 Å². The quantitative estimate of drug-likeness (QED) is 0.380. The van der Waals surface area contributed by atoms with E-state index in [1.165, 1.54) is 6.08 Å². The van der Waals surface area contributed by atoms with Crippen LogP contribution in [0, 0.1) is 0 Å². The Labute approximate surface area is 114 Å². The van der Waals surface area contributed by atoms with Gasteiger partial charge in [0, 0.05) is 6.42 Å². The van der Waals surface area contributed by atoms with E-state index in [4.69, 9.17) is 4.74 Å². The summed E-state index contributed by atoms with van der Waals surface area (Å²) in [7, 11) is 0. The lowest BCUT2D eigenvalue weighted by Crippen LogP contribution is -2.53. The van der Waals surface area contributed by atoms with E-state index in [0.29, 0.717) is 6.29 Å². The van der Waals surface area contributed by atoms with Crippen molar-refractivity contribution in [2.75, 3.05) is 0 Å². The number of piperidine rings is 1. The number of carbonyl (C=O) groups is 4. The van der Waals surface area contributed by atoms with Crippen molar-refractivity contribution < 1.29 is 23.9 Å². The molecule has 0 radical (unpaired) electrons. The molecule has 1 aliphatic carbocycles. The zero-order valence-corrected chi connectivity index (χ0v) is 10.4. The second kappa shape index (κ2) is 4.38. The number of hydrogen-bond donors (Lipinski definition) is 2. The number of rotatable bonds is 3. The highest BCUT2D eigenvalue weighted by molar-refractivity contribution is 6.06. The number of carbonyl (C=O) groups excluding carboxylic acids is 4. The maximum atomic E-state index is 12.2. The number of amides is 3. The minimum atomic E-state index is -1.21. The molecule has 3 rings (SSSR count). The first-order valence-corrected chi connectivity index (χ1v) is 6.24. The fourth-order valence-electron chi connectivity index (χ4n) is 2.44. The number of imide groups is 1. The molecule has 0 spiro atoms. The van der Waals surface area contributed by atoms with Gasteiger partial charge in [-0.1, -0.05) is 18.2 Å². The second-order valence-electron chi connectivity index (χ2n) is 4.89. The summed E-state index contributed by atoms with van der Waals surface area (Å²) in [5, 5.41) is 4.69. The van der Waals surface area contributed by atoms with E-state index in [1.807, 2.05) is 0 Å². The van der Waals surface area contributed by atoms with Crippen molar-refractivity contribution >= 4 is 24.0 Å². The minimum Gasteiger partial charge on any atom is -0.348 e. The molecule has 2 N–H and O–H groups in total. The van der Waals surface area contributed by atoms with Gasteiger partial charge < -0.3 is 10.1 Å². The summed E-state index contributed by atoms with van der Waals surface area (Å²) in [5.41, 5.74) is -1.02. The number of fused-ring (bicyclic) bond motifs is 1. The highest BCUT2D eigenvalue weighted by Crippen LogP contribution is 2.44.